The van der Waals surface area contributed by atoms with Gasteiger partial charge in [-0.2, -0.15) is 0 Å². The zero-order chi connectivity index (χ0) is 19.4. The maximum atomic E-state index is 12.4. The highest BCUT2D eigenvalue weighted by Crippen LogP contribution is 2.27. The Morgan fingerprint density at radius 2 is 2.00 bits per heavy atom. The van der Waals surface area contributed by atoms with Gasteiger partial charge in [-0.1, -0.05) is 12.1 Å². The van der Waals surface area contributed by atoms with Crippen molar-refractivity contribution in [2.24, 2.45) is 0 Å². The fourth-order valence-corrected chi connectivity index (χ4v) is 3.14. The molecule has 27 heavy (non-hydrogen) atoms. The average Bonchev–Trinajstić information content (AvgIpc) is 3.18. The van der Waals surface area contributed by atoms with Crippen molar-refractivity contribution in [3.63, 3.8) is 0 Å². The normalized spacial score (nSPS) is 14.8. The van der Waals surface area contributed by atoms with Gasteiger partial charge in [-0.05, 0) is 24.6 Å². The number of furan rings is 1. The van der Waals surface area contributed by atoms with Gasteiger partial charge in [-0.15, -0.1) is 0 Å². The topological polar surface area (TPSA) is 110 Å². The molecule has 1 aliphatic heterocycles. The molecule has 1 aromatic carbocycles. The van der Waals surface area contributed by atoms with Gasteiger partial charge >= 0.3 is 0 Å². The lowest BCUT2D eigenvalue weighted by Crippen LogP contribution is -3.15. The van der Waals surface area contributed by atoms with Crippen molar-refractivity contribution in [2.75, 3.05) is 38.0 Å². The second-order valence-corrected chi connectivity index (χ2v) is 6.47. The number of carbonyl (C=O) groups is 2. The molecule has 0 aliphatic carbocycles. The number of nitrogens with one attached hydrogen (secondary N) is 2. The van der Waals surface area contributed by atoms with E-state index in [1.54, 1.807) is 36.1 Å². The number of hydrogen-bond donors (Lipinski definition) is 2. The van der Waals surface area contributed by atoms with Crippen molar-refractivity contribution in [2.45, 2.75) is 6.92 Å². The summed E-state index contributed by atoms with van der Waals surface area (Å²) in [5.41, 5.74) is 0.757. The molecule has 2 N–H and O–H groups in total. The third kappa shape index (κ3) is 4.32. The van der Waals surface area contributed by atoms with Gasteiger partial charge in [0.15, 0.2) is 12.3 Å². The number of aryl methyl sites for hydroxylation is 1. The molecule has 0 saturated carbocycles. The Bertz CT molecular complexity index is 841. The Balaban J connectivity index is 1.55. The summed E-state index contributed by atoms with van der Waals surface area (Å²) < 4.78 is 5.13. The summed E-state index contributed by atoms with van der Waals surface area (Å²) in [7, 11) is 0. The molecule has 0 bridgehead atoms. The van der Waals surface area contributed by atoms with E-state index in [1.165, 1.54) is 12.3 Å². The van der Waals surface area contributed by atoms with E-state index in [4.69, 9.17) is 4.42 Å². The summed E-state index contributed by atoms with van der Waals surface area (Å²) in [6.07, 6.45) is 1.46. The first-order valence-electron chi connectivity index (χ1n) is 8.66. The lowest BCUT2D eigenvalue weighted by Gasteiger charge is -2.31. The highest BCUT2D eigenvalue weighted by Gasteiger charge is 2.27. The summed E-state index contributed by atoms with van der Waals surface area (Å²) in [5.74, 6) is -0.129. The van der Waals surface area contributed by atoms with Crippen LogP contribution in [0.15, 0.2) is 41.0 Å². The molecule has 1 saturated heterocycles. The lowest BCUT2D eigenvalue weighted by molar-refractivity contribution is -0.895. The number of anilines is 1. The van der Waals surface area contributed by atoms with Crippen molar-refractivity contribution in [3.05, 3.63) is 58.0 Å². The molecule has 142 valence electrons. The van der Waals surface area contributed by atoms with Gasteiger partial charge in [0.2, 0.25) is 0 Å². The number of amides is 2. The number of carbonyl (C=O) groups excluding carboxylic acids is 2. The first-order valence-corrected chi connectivity index (χ1v) is 8.66. The summed E-state index contributed by atoms with van der Waals surface area (Å²) in [6.45, 7) is 4.19. The van der Waals surface area contributed by atoms with Crippen LogP contribution in [-0.2, 0) is 4.79 Å². The van der Waals surface area contributed by atoms with Gasteiger partial charge in [0, 0.05) is 6.07 Å². The minimum atomic E-state index is -0.505. The first-order chi connectivity index (χ1) is 13.0. The number of benzene rings is 1. The highest BCUT2D eigenvalue weighted by atomic mass is 16.6. The van der Waals surface area contributed by atoms with Crippen LogP contribution in [0.5, 0.6) is 0 Å². The van der Waals surface area contributed by atoms with Gasteiger partial charge in [-0.25, -0.2) is 0 Å². The standard InChI is InChI=1S/C18H20N4O5/c1-13-4-2-5-14(22(25)26)17(13)19-16(23)12-20-7-9-21(10-8-20)18(24)15-6-3-11-27-15/h2-6,11H,7-10,12H2,1H3,(H,19,23)/p+1. The Morgan fingerprint density at radius 1 is 1.26 bits per heavy atom. The molecule has 2 heterocycles. The molecule has 1 fully saturated rings. The predicted octanol–water partition coefficient (Wildman–Crippen LogP) is 0.476. The van der Waals surface area contributed by atoms with Crippen LogP contribution in [0.2, 0.25) is 0 Å². The monoisotopic (exact) mass is 373 g/mol. The molecule has 2 amide bonds. The predicted molar refractivity (Wildman–Crippen MR) is 96.6 cm³/mol. The van der Waals surface area contributed by atoms with Gasteiger partial charge in [0.05, 0.1) is 37.4 Å². The van der Waals surface area contributed by atoms with Gasteiger partial charge < -0.3 is 19.5 Å². The molecule has 9 heteroatoms. The van der Waals surface area contributed by atoms with Crippen LogP contribution in [0.1, 0.15) is 16.1 Å². The van der Waals surface area contributed by atoms with Crippen molar-refractivity contribution in [3.8, 4) is 0 Å². The first kappa shape index (κ1) is 18.6. The molecular weight excluding hydrogens is 352 g/mol. The van der Waals surface area contributed by atoms with Crippen LogP contribution >= 0.6 is 0 Å². The molecule has 2 aromatic rings. The molecule has 0 unspecified atom stereocenters. The molecule has 0 radical (unpaired) electrons. The fraction of sp³-hybridized carbons (Fsp3) is 0.333. The molecule has 1 aliphatic rings. The third-order valence-electron chi connectivity index (χ3n) is 4.61. The SMILES string of the molecule is Cc1cccc([N+](=O)[O-])c1NC(=O)C[NH+]1CCN(C(=O)c2ccco2)CC1. The van der Waals surface area contributed by atoms with Crippen LogP contribution in [0, 0.1) is 17.0 Å². The van der Waals surface area contributed by atoms with E-state index >= 15 is 0 Å². The van der Waals surface area contributed by atoms with E-state index in [0.717, 1.165) is 4.90 Å². The zero-order valence-corrected chi connectivity index (χ0v) is 14.9. The molecule has 0 atom stereocenters. The number of para-hydroxylation sites is 1. The highest BCUT2D eigenvalue weighted by molar-refractivity contribution is 5.94. The Hall–Kier alpha value is -3.20. The molecule has 3 rings (SSSR count). The number of quaternary nitrogens is 1. The van der Waals surface area contributed by atoms with Crippen LogP contribution in [0.3, 0.4) is 0 Å². The fourth-order valence-electron chi connectivity index (χ4n) is 3.14. The third-order valence-corrected chi connectivity index (χ3v) is 4.61. The van der Waals surface area contributed by atoms with Crippen molar-refractivity contribution < 1.29 is 23.8 Å². The summed E-state index contributed by atoms with van der Waals surface area (Å²) in [5, 5.41) is 13.8. The largest absolute Gasteiger partial charge is 0.459 e. The average molecular weight is 373 g/mol. The molecule has 0 spiro atoms. The van der Waals surface area contributed by atoms with Crippen molar-refractivity contribution in [1.82, 2.24) is 4.90 Å². The van der Waals surface area contributed by atoms with Crippen LogP contribution in [0.4, 0.5) is 11.4 Å². The van der Waals surface area contributed by atoms with Crippen molar-refractivity contribution >= 4 is 23.2 Å². The maximum absolute atomic E-state index is 12.4. The number of nitrogens with zero attached hydrogens (tertiary/aromatic N) is 2. The minimum absolute atomic E-state index is 0.118. The van der Waals surface area contributed by atoms with E-state index in [1.807, 2.05) is 0 Å². The smallest absolute Gasteiger partial charge is 0.293 e. The van der Waals surface area contributed by atoms with Crippen LogP contribution in [0.25, 0.3) is 0 Å². The Kier molecular flexibility index (Phi) is 5.51. The quantitative estimate of drug-likeness (QED) is 0.585. The number of nitro groups is 1. The molecule has 1 aromatic heterocycles. The summed E-state index contributed by atoms with van der Waals surface area (Å²) >= 11 is 0. The van der Waals surface area contributed by atoms with Gasteiger partial charge in [0.1, 0.15) is 5.69 Å². The van der Waals surface area contributed by atoms with E-state index in [9.17, 15) is 19.7 Å². The van der Waals surface area contributed by atoms with E-state index in [0.29, 0.717) is 37.5 Å². The summed E-state index contributed by atoms with van der Waals surface area (Å²) in [6, 6.07) is 7.97. The summed E-state index contributed by atoms with van der Waals surface area (Å²) in [4.78, 5) is 38.0. The van der Waals surface area contributed by atoms with Gasteiger partial charge in [-0.3, -0.25) is 19.7 Å². The number of hydrogen-bond acceptors (Lipinski definition) is 5. The maximum Gasteiger partial charge on any atom is 0.293 e. The number of nitro benzene ring substituents is 1. The van der Waals surface area contributed by atoms with E-state index < -0.39 is 4.92 Å². The molecular formula is C18H21N4O5+. The van der Waals surface area contributed by atoms with Crippen molar-refractivity contribution in [1.29, 1.82) is 0 Å². The second-order valence-electron chi connectivity index (χ2n) is 6.47. The second kappa shape index (κ2) is 8.00. The van der Waals surface area contributed by atoms with Gasteiger partial charge in [0.25, 0.3) is 17.5 Å². The zero-order valence-electron chi connectivity index (χ0n) is 14.9. The Labute approximate surface area is 155 Å². The van der Waals surface area contributed by atoms with E-state index in [2.05, 4.69) is 5.32 Å². The lowest BCUT2D eigenvalue weighted by atomic mass is 10.1. The number of piperazine rings is 1. The van der Waals surface area contributed by atoms with Crippen LogP contribution < -0.4 is 10.2 Å². The molecule has 9 nitrogen and oxygen atoms in total. The number of rotatable bonds is 5. The minimum Gasteiger partial charge on any atom is -0.459 e. The van der Waals surface area contributed by atoms with Crippen LogP contribution in [-0.4, -0.2) is 54.4 Å². The van der Waals surface area contributed by atoms with E-state index in [-0.39, 0.29) is 29.7 Å². The Morgan fingerprint density at radius 3 is 2.63 bits per heavy atom.